The normalized spacial score (nSPS) is 11.9. The van der Waals surface area contributed by atoms with Crippen molar-refractivity contribution in [3.05, 3.63) is 12.7 Å². The highest BCUT2D eigenvalue weighted by atomic mass is 32.2. The van der Waals surface area contributed by atoms with Crippen molar-refractivity contribution in [3.8, 4) is 0 Å². The molecular formula is C9H20N2O2S. The molecule has 0 atom stereocenters. The Morgan fingerprint density at radius 3 is 2.57 bits per heavy atom. The minimum absolute atomic E-state index is 0.167. The van der Waals surface area contributed by atoms with Gasteiger partial charge in [0.1, 0.15) is 0 Å². The first kappa shape index (κ1) is 13.6. The lowest BCUT2D eigenvalue weighted by atomic mass is 10.4. The van der Waals surface area contributed by atoms with E-state index in [0.29, 0.717) is 19.0 Å². The van der Waals surface area contributed by atoms with Gasteiger partial charge in [-0.15, -0.1) is 6.58 Å². The lowest BCUT2D eigenvalue weighted by Crippen LogP contribution is -2.30. The third kappa shape index (κ3) is 8.22. The van der Waals surface area contributed by atoms with Crippen molar-refractivity contribution < 1.29 is 8.42 Å². The lowest BCUT2D eigenvalue weighted by molar-refractivity contribution is 0.563. The van der Waals surface area contributed by atoms with Crippen LogP contribution in [0.4, 0.5) is 0 Å². The Morgan fingerprint density at radius 2 is 2.07 bits per heavy atom. The molecule has 5 heteroatoms. The fourth-order valence-electron chi connectivity index (χ4n) is 0.911. The molecule has 4 nitrogen and oxygen atoms in total. The van der Waals surface area contributed by atoms with Crippen molar-refractivity contribution in [1.29, 1.82) is 0 Å². The highest BCUT2D eigenvalue weighted by Crippen LogP contribution is 1.89. The van der Waals surface area contributed by atoms with Crippen LogP contribution in [0, 0.1) is 0 Å². The van der Waals surface area contributed by atoms with Crippen LogP contribution in [0.5, 0.6) is 0 Å². The lowest BCUT2D eigenvalue weighted by Gasteiger charge is -2.08. The standard InChI is InChI=1S/C9H20N2O2S/c1-4-6-11-14(12,13)8-5-7-10-9(2)3/h4,9-11H,1,5-8H2,2-3H3. The van der Waals surface area contributed by atoms with Gasteiger partial charge in [-0.3, -0.25) is 0 Å². The molecule has 2 N–H and O–H groups in total. The van der Waals surface area contributed by atoms with Crippen LogP contribution in [-0.4, -0.2) is 33.3 Å². The predicted octanol–water partition coefficient (Wildman–Crippen LogP) is 0.480. The summed E-state index contributed by atoms with van der Waals surface area (Å²) >= 11 is 0. The molecule has 0 rings (SSSR count). The highest BCUT2D eigenvalue weighted by Gasteiger charge is 2.07. The molecule has 0 saturated heterocycles. The number of hydrogen-bond donors (Lipinski definition) is 2. The Hall–Kier alpha value is -0.390. The molecule has 14 heavy (non-hydrogen) atoms. The molecule has 0 aromatic heterocycles. The third-order valence-electron chi connectivity index (χ3n) is 1.59. The molecule has 0 spiro atoms. The van der Waals surface area contributed by atoms with Gasteiger partial charge >= 0.3 is 0 Å². The summed E-state index contributed by atoms with van der Waals surface area (Å²) in [6, 6.07) is 0.402. The van der Waals surface area contributed by atoms with E-state index < -0.39 is 10.0 Å². The Morgan fingerprint density at radius 1 is 1.43 bits per heavy atom. The van der Waals surface area contributed by atoms with Crippen LogP contribution in [0.25, 0.3) is 0 Å². The van der Waals surface area contributed by atoms with Crippen LogP contribution in [-0.2, 0) is 10.0 Å². The maximum atomic E-state index is 11.2. The second-order valence-corrected chi connectivity index (χ2v) is 5.34. The van der Waals surface area contributed by atoms with Crippen LogP contribution in [0.1, 0.15) is 20.3 Å². The first-order valence-electron chi connectivity index (χ1n) is 4.79. The number of hydrogen-bond acceptors (Lipinski definition) is 3. The van der Waals surface area contributed by atoms with Crippen LogP contribution >= 0.6 is 0 Å². The predicted molar refractivity (Wildman–Crippen MR) is 59.7 cm³/mol. The van der Waals surface area contributed by atoms with Crippen LogP contribution in [0.3, 0.4) is 0 Å². The van der Waals surface area contributed by atoms with Gasteiger partial charge in [0.25, 0.3) is 0 Å². The van der Waals surface area contributed by atoms with Crippen LogP contribution in [0.15, 0.2) is 12.7 Å². The molecule has 0 amide bonds. The van der Waals surface area contributed by atoms with Gasteiger partial charge < -0.3 is 5.32 Å². The smallest absolute Gasteiger partial charge is 0.211 e. The summed E-state index contributed by atoms with van der Waals surface area (Å²) in [5.41, 5.74) is 0. The first-order chi connectivity index (χ1) is 6.48. The second-order valence-electron chi connectivity index (χ2n) is 3.42. The quantitative estimate of drug-likeness (QED) is 0.462. The maximum Gasteiger partial charge on any atom is 0.211 e. The van der Waals surface area contributed by atoms with Crippen molar-refractivity contribution in [2.75, 3.05) is 18.8 Å². The van der Waals surface area contributed by atoms with E-state index in [1.54, 1.807) is 0 Å². The first-order valence-corrected chi connectivity index (χ1v) is 6.45. The zero-order valence-electron chi connectivity index (χ0n) is 8.91. The number of nitrogens with one attached hydrogen (secondary N) is 2. The Bertz CT molecular complexity index is 248. The van der Waals surface area contributed by atoms with Crippen LogP contribution in [0.2, 0.25) is 0 Å². The van der Waals surface area contributed by atoms with E-state index in [2.05, 4.69) is 16.6 Å². The molecule has 84 valence electrons. The topological polar surface area (TPSA) is 58.2 Å². The zero-order chi connectivity index (χ0) is 11.0. The number of rotatable bonds is 8. The molecule has 0 radical (unpaired) electrons. The summed E-state index contributed by atoms with van der Waals surface area (Å²) in [6.45, 7) is 8.54. The van der Waals surface area contributed by atoms with Gasteiger partial charge in [0.05, 0.1) is 5.75 Å². The average Bonchev–Trinajstić information content (AvgIpc) is 2.09. The average molecular weight is 220 g/mol. The van der Waals surface area contributed by atoms with Crippen molar-refractivity contribution in [3.63, 3.8) is 0 Å². The van der Waals surface area contributed by atoms with Gasteiger partial charge in [-0.2, -0.15) is 0 Å². The summed E-state index contributed by atoms with van der Waals surface area (Å²) < 4.78 is 24.9. The molecule has 0 bridgehead atoms. The highest BCUT2D eigenvalue weighted by molar-refractivity contribution is 7.89. The third-order valence-corrected chi connectivity index (χ3v) is 3.02. The van der Waals surface area contributed by atoms with Gasteiger partial charge in [0, 0.05) is 12.6 Å². The van der Waals surface area contributed by atoms with Crippen LogP contribution < -0.4 is 10.0 Å². The van der Waals surface area contributed by atoms with E-state index in [1.807, 2.05) is 13.8 Å². The SMILES string of the molecule is C=CCNS(=O)(=O)CCCNC(C)C. The van der Waals surface area contributed by atoms with E-state index in [0.717, 1.165) is 6.54 Å². The monoisotopic (exact) mass is 220 g/mol. The molecular weight excluding hydrogens is 200 g/mol. The van der Waals surface area contributed by atoms with Crippen molar-refractivity contribution in [2.45, 2.75) is 26.3 Å². The zero-order valence-corrected chi connectivity index (χ0v) is 9.73. The molecule has 0 fully saturated rings. The largest absolute Gasteiger partial charge is 0.314 e. The molecule has 0 aliphatic rings. The minimum atomic E-state index is -3.10. The van der Waals surface area contributed by atoms with Gasteiger partial charge in [0.2, 0.25) is 10.0 Å². The summed E-state index contributed by atoms with van der Waals surface area (Å²) in [5.74, 6) is 0.167. The molecule has 0 aromatic rings. The van der Waals surface area contributed by atoms with E-state index in [4.69, 9.17) is 0 Å². The van der Waals surface area contributed by atoms with Crippen molar-refractivity contribution in [1.82, 2.24) is 10.0 Å². The Kier molecular flexibility index (Phi) is 6.78. The molecule has 0 aromatic carbocycles. The summed E-state index contributed by atoms with van der Waals surface area (Å²) in [6.07, 6.45) is 2.16. The summed E-state index contributed by atoms with van der Waals surface area (Å²) in [7, 11) is -3.10. The molecule has 0 heterocycles. The molecule has 0 aliphatic heterocycles. The van der Waals surface area contributed by atoms with E-state index >= 15 is 0 Å². The van der Waals surface area contributed by atoms with Crippen molar-refractivity contribution >= 4 is 10.0 Å². The maximum absolute atomic E-state index is 11.2. The summed E-state index contributed by atoms with van der Waals surface area (Å²) in [5, 5.41) is 3.16. The van der Waals surface area contributed by atoms with Gasteiger partial charge in [-0.05, 0) is 13.0 Å². The van der Waals surface area contributed by atoms with Crippen molar-refractivity contribution in [2.24, 2.45) is 0 Å². The fraction of sp³-hybridized carbons (Fsp3) is 0.778. The van der Waals surface area contributed by atoms with Gasteiger partial charge in [0.15, 0.2) is 0 Å². The Balaban J connectivity index is 3.61. The summed E-state index contributed by atoms with van der Waals surface area (Å²) in [4.78, 5) is 0. The van der Waals surface area contributed by atoms with Gasteiger partial charge in [-0.25, -0.2) is 13.1 Å². The van der Waals surface area contributed by atoms with E-state index in [9.17, 15) is 8.42 Å². The van der Waals surface area contributed by atoms with E-state index in [-0.39, 0.29) is 5.75 Å². The van der Waals surface area contributed by atoms with E-state index in [1.165, 1.54) is 6.08 Å². The van der Waals surface area contributed by atoms with Gasteiger partial charge in [-0.1, -0.05) is 19.9 Å². The second kappa shape index (κ2) is 6.98. The number of sulfonamides is 1. The molecule has 0 unspecified atom stereocenters. The fourth-order valence-corrected chi connectivity index (χ4v) is 1.95. The molecule has 0 aliphatic carbocycles. The minimum Gasteiger partial charge on any atom is -0.314 e. The Labute approximate surface area is 86.8 Å². The molecule has 0 saturated carbocycles.